The van der Waals surface area contributed by atoms with E-state index in [0.717, 1.165) is 5.56 Å². The zero-order valence-corrected chi connectivity index (χ0v) is 20.6. The summed E-state index contributed by atoms with van der Waals surface area (Å²) >= 11 is 12.5. The second kappa shape index (κ2) is 10.4. The standard InChI is InChI=1S/C31H20Cl2O3/c32-23-16-17-24(25(33)19-23)30(35)27-26(18-20-10-4-1-5-11-20)36-31(22-14-8-3-9-15-22)28(27)29(34)21-12-6-2-7-13-21/h1-17,19H,18H2. The summed E-state index contributed by atoms with van der Waals surface area (Å²) in [5, 5.41) is 0.623. The molecule has 0 aliphatic heterocycles. The summed E-state index contributed by atoms with van der Waals surface area (Å²) in [5.74, 6) is 0.0536. The highest BCUT2D eigenvalue weighted by atomic mass is 35.5. The topological polar surface area (TPSA) is 47.3 Å². The van der Waals surface area contributed by atoms with Gasteiger partial charge in [-0.25, -0.2) is 0 Å². The van der Waals surface area contributed by atoms with Crippen molar-refractivity contribution in [1.82, 2.24) is 0 Å². The van der Waals surface area contributed by atoms with E-state index in [1.54, 1.807) is 36.4 Å². The maximum atomic E-state index is 14.1. The quantitative estimate of drug-likeness (QED) is 0.207. The second-order valence-corrected chi connectivity index (χ2v) is 9.12. The van der Waals surface area contributed by atoms with Crippen molar-refractivity contribution >= 4 is 34.8 Å². The summed E-state index contributed by atoms with van der Waals surface area (Å²) in [4.78, 5) is 28.0. The first-order chi connectivity index (χ1) is 17.5. The van der Waals surface area contributed by atoms with Crippen molar-refractivity contribution in [3.8, 4) is 11.3 Å². The van der Waals surface area contributed by atoms with Gasteiger partial charge in [-0.1, -0.05) is 114 Å². The van der Waals surface area contributed by atoms with Gasteiger partial charge in [0.2, 0.25) is 0 Å². The number of carbonyl (C=O) groups excluding carboxylic acids is 2. The molecular formula is C31H20Cl2O3. The highest BCUT2D eigenvalue weighted by Crippen LogP contribution is 2.37. The molecule has 5 heteroatoms. The molecule has 0 bridgehead atoms. The number of furan rings is 1. The van der Waals surface area contributed by atoms with Crippen LogP contribution in [0, 0.1) is 0 Å². The number of halogens is 2. The molecule has 0 amide bonds. The average Bonchev–Trinajstić information content (AvgIpc) is 3.28. The average molecular weight is 511 g/mol. The zero-order chi connectivity index (χ0) is 25.1. The molecule has 5 aromatic rings. The maximum Gasteiger partial charge on any atom is 0.198 e. The largest absolute Gasteiger partial charge is 0.459 e. The Labute approximate surface area is 218 Å². The van der Waals surface area contributed by atoms with Gasteiger partial charge in [0.1, 0.15) is 11.5 Å². The van der Waals surface area contributed by atoms with Crippen LogP contribution in [-0.2, 0) is 6.42 Å². The maximum absolute atomic E-state index is 14.1. The van der Waals surface area contributed by atoms with Crippen molar-refractivity contribution in [3.63, 3.8) is 0 Å². The number of ketones is 2. The van der Waals surface area contributed by atoms with Crippen molar-refractivity contribution in [2.45, 2.75) is 6.42 Å². The van der Waals surface area contributed by atoms with E-state index >= 15 is 0 Å². The normalized spacial score (nSPS) is 10.8. The molecule has 0 N–H and O–H groups in total. The molecule has 0 radical (unpaired) electrons. The highest BCUT2D eigenvalue weighted by Gasteiger charge is 2.32. The van der Waals surface area contributed by atoms with Gasteiger partial charge in [-0.3, -0.25) is 9.59 Å². The summed E-state index contributed by atoms with van der Waals surface area (Å²) in [7, 11) is 0. The highest BCUT2D eigenvalue weighted by molar-refractivity contribution is 6.38. The predicted molar refractivity (Wildman–Crippen MR) is 143 cm³/mol. The molecular weight excluding hydrogens is 491 g/mol. The Morgan fingerprint density at radius 3 is 1.92 bits per heavy atom. The first kappa shape index (κ1) is 23.8. The van der Waals surface area contributed by atoms with Crippen molar-refractivity contribution in [3.05, 3.63) is 153 Å². The minimum absolute atomic E-state index is 0.204. The Hall–Kier alpha value is -3.92. The third-order valence-electron chi connectivity index (χ3n) is 5.89. The summed E-state index contributed by atoms with van der Waals surface area (Å²) in [6, 6.07) is 32.6. The predicted octanol–water partition coefficient (Wildman–Crippen LogP) is 8.31. The lowest BCUT2D eigenvalue weighted by molar-refractivity contribution is 0.100. The van der Waals surface area contributed by atoms with Crippen molar-refractivity contribution < 1.29 is 14.0 Å². The van der Waals surface area contributed by atoms with Gasteiger partial charge in [0.05, 0.1) is 16.1 Å². The van der Waals surface area contributed by atoms with E-state index in [9.17, 15) is 9.59 Å². The SMILES string of the molecule is O=C(c1ccc(Cl)cc1Cl)c1c(Cc2ccccc2)oc(-c2ccccc2)c1C(=O)c1ccccc1. The van der Waals surface area contributed by atoms with Gasteiger partial charge in [0.25, 0.3) is 0 Å². The molecule has 0 aliphatic carbocycles. The van der Waals surface area contributed by atoms with E-state index in [0.29, 0.717) is 34.1 Å². The number of rotatable bonds is 7. The Kier molecular flexibility index (Phi) is 6.86. The molecule has 176 valence electrons. The molecule has 0 aliphatic rings. The van der Waals surface area contributed by atoms with Crippen LogP contribution in [0.2, 0.25) is 10.0 Å². The number of hydrogen-bond acceptors (Lipinski definition) is 3. The molecule has 3 nitrogen and oxygen atoms in total. The molecule has 0 saturated carbocycles. The molecule has 1 heterocycles. The number of carbonyl (C=O) groups is 2. The fourth-order valence-electron chi connectivity index (χ4n) is 4.18. The van der Waals surface area contributed by atoms with Crippen molar-refractivity contribution in [2.75, 3.05) is 0 Å². The molecule has 4 aromatic carbocycles. The van der Waals surface area contributed by atoms with Gasteiger partial charge in [-0.2, -0.15) is 0 Å². The van der Waals surface area contributed by atoms with Crippen LogP contribution in [0.4, 0.5) is 0 Å². The number of hydrogen-bond donors (Lipinski definition) is 0. The number of benzene rings is 4. The Balaban J connectivity index is 1.78. The molecule has 0 spiro atoms. The van der Waals surface area contributed by atoms with Crippen LogP contribution in [0.3, 0.4) is 0 Å². The van der Waals surface area contributed by atoms with E-state index in [1.807, 2.05) is 66.7 Å². The Bertz CT molecular complexity index is 1540. The minimum atomic E-state index is -0.396. The van der Waals surface area contributed by atoms with Gasteiger partial charge in [-0.05, 0) is 23.8 Å². The van der Waals surface area contributed by atoms with Crippen LogP contribution >= 0.6 is 23.2 Å². The molecule has 0 saturated heterocycles. The zero-order valence-electron chi connectivity index (χ0n) is 19.1. The van der Waals surface area contributed by atoms with E-state index in [-0.39, 0.29) is 27.5 Å². The van der Waals surface area contributed by atoms with Gasteiger partial charge in [0, 0.05) is 28.1 Å². The molecule has 0 unspecified atom stereocenters. The first-order valence-electron chi connectivity index (χ1n) is 11.4. The van der Waals surface area contributed by atoms with E-state index in [4.69, 9.17) is 27.6 Å². The van der Waals surface area contributed by atoms with Crippen molar-refractivity contribution in [1.29, 1.82) is 0 Å². The minimum Gasteiger partial charge on any atom is -0.459 e. The summed E-state index contributed by atoms with van der Waals surface area (Å²) < 4.78 is 6.37. The molecule has 5 rings (SSSR count). The van der Waals surface area contributed by atoms with Crippen LogP contribution in [-0.4, -0.2) is 11.6 Å². The van der Waals surface area contributed by atoms with Crippen LogP contribution in [0.15, 0.2) is 114 Å². The van der Waals surface area contributed by atoms with E-state index in [2.05, 4.69) is 0 Å². The lowest BCUT2D eigenvalue weighted by Crippen LogP contribution is -2.12. The third kappa shape index (κ3) is 4.76. The van der Waals surface area contributed by atoms with Gasteiger partial charge >= 0.3 is 0 Å². The van der Waals surface area contributed by atoms with Crippen LogP contribution in [0.25, 0.3) is 11.3 Å². The first-order valence-corrected chi connectivity index (χ1v) is 12.1. The lowest BCUT2D eigenvalue weighted by Gasteiger charge is -2.09. The molecule has 0 atom stereocenters. The monoisotopic (exact) mass is 510 g/mol. The van der Waals surface area contributed by atoms with Crippen LogP contribution in [0.5, 0.6) is 0 Å². The van der Waals surface area contributed by atoms with Crippen molar-refractivity contribution in [2.24, 2.45) is 0 Å². The third-order valence-corrected chi connectivity index (χ3v) is 6.44. The molecule has 1 aromatic heterocycles. The summed E-state index contributed by atoms with van der Waals surface area (Å²) in [6.07, 6.45) is 0.328. The van der Waals surface area contributed by atoms with E-state index in [1.165, 1.54) is 6.07 Å². The molecule has 0 fully saturated rings. The van der Waals surface area contributed by atoms with Crippen LogP contribution in [0.1, 0.15) is 43.2 Å². The summed E-state index contributed by atoms with van der Waals surface area (Å²) in [5.41, 5.74) is 2.77. The summed E-state index contributed by atoms with van der Waals surface area (Å²) in [6.45, 7) is 0. The lowest BCUT2D eigenvalue weighted by atomic mass is 9.90. The van der Waals surface area contributed by atoms with Gasteiger partial charge in [-0.15, -0.1) is 0 Å². The van der Waals surface area contributed by atoms with E-state index < -0.39 is 5.78 Å². The fraction of sp³-hybridized carbons (Fsp3) is 0.0323. The smallest absolute Gasteiger partial charge is 0.198 e. The van der Waals surface area contributed by atoms with Gasteiger partial charge < -0.3 is 4.42 Å². The Morgan fingerprint density at radius 2 is 1.28 bits per heavy atom. The molecule has 36 heavy (non-hydrogen) atoms. The van der Waals surface area contributed by atoms with Crippen LogP contribution < -0.4 is 0 Å². The fourth-order valence-corrected chi connectivity index (χ4v) is 4.67. The van der Waals surface area contributed by atoms with Gasteiger partial charge in [0.15, 0.2) is 11.6 Å². The Morgan fingerprint density at radius 1 is 0.667 bits per heavy atom. The second-order valence-electron chi connectivity index (χ2n) is 8.28.